The van der Waals surface area contributed by atoms with Gasteiger partial charge >= 0.3 is 0 Å². The fourth-order valence-electron chi connectivity index (χ4n) is 3.19. The molecule has 3 aromatic rings. The maximum Gasteiger partial charge on any atom is 0.238 e. The highest BCUT2D eigenvalue weighted by Gasteiger charge is 2.33. The first-order valence-electron chi connectivity index (χ1n) is 8.55. The van der Waals surface area contributed by atoms with Gasteiger partial charge in [0.05, 0.1) is 21.9 Å². The number of fused-ring (bicyclic) bond motifs is 1. The fourth-order valence-corrected chi connectivity index (χ4v) is 4.64. The lowest BCUT2D eigenvalue weighted by Gasteiger charge is -2.17. The van der Waals surface area contributed by atoms with Crippen LogP contribution in [0.15, 0.2) is 48.5 Å². The summed E-state index contributed by atoms with van der Waals surface area (Å²) in [6, 6.07) is 14.5. The average molecular weight is 400 g/mol. The van der Waals surface area contributed by atoms with Gasteiger partial charge in [-0.1, -0.05) is 23.7 Å². The molecular formula is C20H18ClN3O2S. The number of phenolic OH excluding ortho intramolecular Hbond substituents is 1. The average Bonchev–Trinajstić information content (AvgIpc) is 2.89. The molecule has 1 aliphatic heterocycles. The number of thioether (sulfide) groups is 1. The summed E-state index contributed by atoms with van der Waals surface area (Å²) in [6.45, 7) is 3.84. The number of anilines is 1. The number of amides is 1. The summed E-state index contributed by atoms with van der Waals surface area (Å²) in [4.78, 5) is 12.6. The third kappa shape index (κ3) is 3.31. The number of hydrogen-bond acceptors (Lipinski definition) is 4. The zero-order chi connectivity index (χ0) is 19.1. The smallest absolute Gasteiger partial charge is 0.238 e. The summed E-state index contributed by atoms with van der Waals surface area (Å²) < 4.78 is 1.75. The topological polar surface area (TPSA) is 67.1 Å². The lowest BCUT2D eigenvalue weighted by Crippen LogP contribution is -2.22. The van der Waals surface area contributed by atoms with E-state index in [-0.39, 0.29) is 22.2 Å². The highest BCUT2D eigenvalue weighted by Crippen LogP contribution is 2.46. The highest BCUT2D eigenvalue weighted by atomic mass is 35.5. The predicted octanol–water partition coefficient (Wildman–Crippen LogP) is 4.70. The molecule has 138 valence electrons. The Bertz CT molecular complexity index is 999. The molecule has 2 unspecified atom stereocenters. The molecule has 2 heterocycles. The maximum atomic E-state index is 12.6. The van der Waals surface area contributed by atoms with Crippen LogP contribution in [-0.2, 0) is 4.79 Å². The first-order chi connectivity index (χ1) is 12.9. The Balaban J connectivity index is 1.89. The van der Waals surface area contributed by atoms with Gasteiger partial charge in [-0.2, -0.15) is 5.10 Å². The molecule has 4 rings (SSSR count). The van der Waals surface area contributed by atoms with Crippen LogP contribution in [0.5, 0.6) is 5.75 Å². The highest BCUT2D eigenvalue weighted by molar-refractivity contribution is 8.01. The number of nitrogens with zero attached hydrogens (tertiary/aromatic N) is 2. The molecule has 7 heteroatoms. The number of hydrogen-bond donors (Lipinski definition) is 2. The molecule has 5 nitrogen and oxygen atoms in total. The quantitative estimate of drug-likeness (QED) is 0.655. The van der Waals surface area contributed by atoms with Crippen molar-refractivity contribution in [3.63, 3.8) is 0 Å². The van der Waals surface area contributed by atoms with Crippen molar-refractivity contribution in [3.05, 3.63) is 70.4 Å². The van der Waals surface area contributed by atoms with Crippen LogP contribution >= 0.6 is 23.4 Å². The molecule has 1 aliphatic rings. The van der Waals surface area contributed by atoms with Gasteiger partial charge < -0.3 is 10.4 Å². The number of halogens is 1. The fraction of sp³-hybridized carbons (Fsp3) is 0.200. The third-order valence-electron chi connectivity index (χ3n) is 4.59. The van der Waals surface area contributed by atoms with Gasteiger partial charge in [-0.3, -0.25) is 4.79 Å². The zero-order valence-corrected chi connectivity index (χ0v) is 16.4. The molecule has 0 radical (unpaired) electrons. The van der Waals surface area contributed by atoms with Crippen LogP contribution in [0.25, 0.3) is 5.69 Å². The minimum Gasteiger partial charge on any atom is -0.508 e. The van der Waals surface area contributed by atoms with Gasteiger partial charge in [0.2, 0.25) is 5.91 Å². The van der Waals surface area contributed by atoms with Crippen molar-refractivity contribution in [2.75, 3.05) is 5.32 Å². The Morgan fingerprint density at radius 2 is 1.81 bits per heavy atom. The van der Waals surface area contributed by atoms with Crippen molar-refractivity contribution in [1.29, 1.82) is 0 Å². The van der Waals surface area contributed by atoms with E-state index in [4.69, 9.17) is 11.6 Å². The van der Waals surface area contributed by atoms with Gasteiger partial charge in [-0.15, -0.1) is 11.8 Å². The van der Waals surface area contributed by atoms with Crippen LogP contribution < -0.4 is 5.32 Å². The van der Waals surface area contributed by atoms with Crippen molar-refractivity contribution in [1.82, 2.24) is 9.78 Å². The minimum absolute atomic E-state index is 0.0577. The first kappa shape index (κ1) is 17.9. The van der Waals surface area contributed by atoms with Crippen molar-refractivity contribution in [2.24, 2.45) is 0 Å². The summed E-state index contributed by atoms with van der Waals surface area (Å²) in [5.74, 6) is 0.834. The van der Waals surface area contributed by atoms with Gasteiger partial charge in [0.15, 0.2) is 0 Å². The van der Waals surface area contributed by atoms with Gasteiger partial charge in [-0.25, -0.2) is 4.68 Å². The number of rotatable bonds is 2. The Morgan fingerprint density at radius 3 is 2.48 bits per heavy atom. The standard InChI is InChI=1S/C20H18ClN3O2S/c1-11-17-18(13-3-9-16(25)10-4-13)27-12(2)20(26)22-19(17)24(23-11)15-7-5-14(21)6-8-15/h3-10,12,18,25H,1-2H3,(H,22,26). The Kier molecular flexibility index (Phi) is 4.61. The normalized spacial score (nSPS) is 19.3. The molecule has 0 fully saturated rings. The number of phenols is 1. The minimum atomic E-state index is -0.228. The van der Waals surface area contributed by atoms with Crippen LogP contribution in [-0.4, -0.2) is 26.0 Å². The van der Waals surface area contributed by atoms with E-state index < -0.39 is 0 Å². The number of nitrogens with one attached hydrogen (secondary N) is 1. The summed E-state index contributed by atoms with van der Waals surface area (Å²) in [5.41, 5.74) is 3.66. The molecule has 2 N–H and O–H groups in total. The molecule has 1 amide bonds. The lowest BCUT2D eigenvalue weighted by molar-refractivity contribution is -0.115. The van der Waals surface area contributed by atoms with Crippen molar-refractivity contribution < 1.29 is 9.90 Å². The van der Waals surface area contributed by atoms with E-state index >= 15 is 0 Å². The molecule has 0 aliphatic carbocycles. The Labute approximate surface area is 166 Å². The second-order valence-electron chi connectivity index (χ2n) is 6.48. The number of aromatic hydroxyl groups is 1. The van der Waals surface area contributed by atoms with E-state index in [0.717, 1.165) is 22.5 Å². The number of aromatic nitrogens is 2. The van der Waals surface area contributed by atoms with Gasteiger partial charge in [0, 0.05) is 10.6 Å². The number of carbonyl (C=O) groups is 1. The van der Waals surface area contributed by atoms with E-state index in [1.165, 1.54) is 0 Å². The third-order valence-corrected chi connectivity index (χ3v) is 6.24. The van der Waals surface area contributed by atoms with Crippen LogP contribution in [0.1, 0.15) is 29.0 Å². The van der Waals surface area contributed by atoms with E-state index in [2.05, 4.69) is 10.4 Å². The van der Waals surface area contributed by atoms with Gasteiger partial charge in [0.25, 0.3) is 0 Å². The predicted molar refractivity (Wildman–Crippen MR) is 109 cm³/mol. The summed E-state index contributed by atoms with van der Waals surface area (Å²) >= 11 is 7.58. The molecular weight excluding hydrogens is 382 g/mol. The van der Waals surface area contributed by atoms with Crippen LogP contribution in [0, 0.1) is 6.92 Å². The zero-order valence-electron chi connectivity index (χ0n) is 14.8. The molecule has 0 saturated heterocycles. The van der Waals surface area contributed by atoms with Crippen LogP contribution in [0.4, 0.5) is 5.82 Å². The Morgan fingerprint density at radius 1 is 1.15 bits per heavy atom. The number of benzene rings is 2. The van der Waals surface area contributed by atoms with Crippen LogP contribution in [0.3, 0.4) is 0 Å². The number of carbonyl (C=O) groups excluding carboxylic acids is 1. The van der Waals surface area contributed by atoms with Crippen LogP contribution in [0.2, 0.25) is 5.02 Å². The van der Waals surface area contributed by atoms with Crippen molar-refractivity contribution >= 4 is 35.1 Å². The maximum absolute atomic E-state index is 12.6. The lowest BCUT2D eigenvalue weighted by atomic mass is 10.0. The Hall–Kier alpha value is -2.44. The van der Waals surface area contributed by atoms with Gasteiger partial charge in [0.1, 0.15) is 11.6 Å². The largest absolute Gasteiger partial charge is 0.508 e. The summed E-state index contributed by atoms with van der Waals surface area (Å²) in [5, 5.41) is 17.7. The van der Waals surface area contributed by atoms with E-state index in [0.29, 0.717) is 10.8 Å². The second-order valence-corrected chi connectivity index (χ2v) is 8.36. The molecule has 2 aromatic carbocycles. The summed E-state index contributed by atoms with van der Waals surface area (Å²) in [7, 11) is 0. The number of aryl methyl sites for hydroxylation is 1. The van der Waals surface area contributed by atoms with E-state index in [9.17, 15) is 9.90 Å². The summed E-state index contributed by atoms with van der Waals surface area (Å²) in [6.07, 6.45) is 0. The van der Waals surface area contributed by atoms with E-state index in [1.54, 1.807) is 40.7 Å². The molecule has 1 aromatic heterocycles. The molecule has 0 spiro atoms. The molecule has 2 atom stereocenters. The first-order valence-corrected chi connectivity index (χ1v) is 9.87. The van der Waals surface area contributed by atoms with E-state index in [1.807, 2.05) is 38.1 Å². The van der Waals surface area contributed by atoms with Crippen molar-refractivity contribution in [2.45, 2.75) is 24.3 Å². The molecule has 0 bridgehead atoms. The molecule has 0 saturated carbocycles. The SMILES string of the molecule is Cc1nn(-c2ccc(Cl)cc2)c2c1C(c1ccc(O)cc1)SC(C)C(=O)N2. The second kappa shape index (κ2) is 6.94. The monoisotopic (exact) mass is 399 g/mol. The van der Waals surface area contributed by atoms with Gasteiger partial charge in [-0.05, 0) is 55.8 Å². The molecule has 27 heavy (non-hydrogen) atoms. The van der Waals surface area contributed by atoms with Crippen molar-refractivity contribution in [3.8, 4) is 11.4 Å².